The lowest BCUT2D eigenvalue weighted by Crippen LogP contribution is -2.45. The van der Waals surface area contributed by atoms with Gasteiger partial charge in [-0.3, -0.25) is 24.4 Å². The number of aryl methyl sites for hydroxylation is 1. The summed E-state index contributed by atoms with van der Waals surface area (Å²) >= 11 is 0. The first-order valence-corrected chi connectivity index (χ1v) is 12.4. The lowest BCUT2D eigenvalue weighted by Gasteiger charge is -2.29. The number of aromatic amines is 1. The number of hydrogen-bond acceptors (Lipinski definition) is 3. The highest BCUT2D eigenvalue weighted by Crippen LogP contribution is 2.36. The van der Waals surface area contributed by atoms with E-state index in [9.17, 15) is 14.4 Å². The van der Waals surface area contributed by atoms with E-state index in [0.717, 1.165) is 37.7 Å². The zero-order valence-electron chi connectivity index (χ0n) is 20.5. The van der Waals surface area contributed by atoms with Crippen molar-refractivity contribution in [3.05, 3.63) is 82.0 Å². The van der Waals surface area contributed by atoms with E-state index in [-0.39, 0.29) is 46.2 Å². The van der Waals surface area contributed by atoms with Gasteiger partial charge in [0, 0.05) is 23.9 Å². The third-order valence-corrected chi connectivity index (χ3v) is 7.05. The first-order chi connectivity index (χ1) is 16.9. The molecule has 0 atom stereocenters. The smallest absolute Gasteiger partial charge is 0.294 e. The van der Waals surface area contributed by atoms with Crippen molar-refractivity contribution >= 4 is 23.1 Å². The Kier molecular flexibility index (Phi) is 6.01. The monoisotopic (exact) mass is 471 g/mol. The van der Waals surface area contributed by atoms with Gasteiger partial charge in [-0.05, 0) is 43.4 Å². The molecule has 3 heterocycles. The van der Waals surface area contributed by atoms with Gasteiger partial charge in [-0.2, -0.15) is 4.57 Å². The molecule has 0 radical (unpaired) electrons. The number of nitrogens with one attached hydrogen (secondary N) is 1. The summed E-state index contributed by atoms with van der Waals surface area (Å²) in [4.78, 5) is 43.1. The lowest BCUT2D eigenvalue weighted by atomic mass is 9.94. The number of aromatic nitrogens is 3. The number of carbonyl (C=O) groups excluding carboxylic acids is 2. The number of H-pyrrole nitrogens is 1. The van der Waals surface area contributed by atoms with Crippen molar-refractivity contribution in [3.63, 3.8) is 0 Å². The zero-order chi connectivity index (χ0) is 24.7. The Labute approximate surface area is 204 Å². The minimum Gasteiger partial charge on any atom is -0.294 e. The molecule has 0 spiro atoms. The number of carbonyl (C=O) groups is 2. The number of amides is 2. The topological polar surface area (TPSA) is 79.1 Å². The largest absolute Gasteiger partial charge is 0.327 e. The van der Waals surface area contributed by atoms with E-state index in [1.165, 1.54) is 9.58 Å². The van der Waals surface area contributed by atoms with E-state index in [4.69, 9.17) is 0 Å². The fourth-order valence-corrected chi connectivity index (χ4v) is 5.19. The first kappa shape index (κ1) is 23.0. The van der Waals surface area contributed by atoms with Gasteiger partial charge >= 0.3 is 5.91 Å². The highest BCUT2D eigenvalue weighted by molar-refractivity contribution is 6.44. The highest BCUT2D eigenvalue weighted by atomic mass is 16.2. The Morgan fingerprint density at radius 2 is 1.57 bits per heavy atom. The van der Waals surface area contributed by atoms with E-state index in [0.29, 0.717) is 11.4 Å². The normalized spacial score (nSPS) is 17.2. The van der Waals surface area contributed by atoms with Gasteiger partial charge in [0.25, 0.3) is 17.2 Å². The predicted molar refractivity (Wildman–Crippen MR) is 134 cm³/mol. The molecule has 2 amide bonds. The van der Waals surface area contributed by atoms with Crippen molar-refractivity contribution in [3.8, 4) is 5.69 Å². The Morgan fingerprint density at radius 3 is 2.20 bits per heavy atom. The van der Waals surface area contributed by atoms with Crippen LogP contribution in [0.1, 0.15) is 68.7 Å². The van der Waals surface area contributed by atoms with Crippen LogP contribution in [-0.2, 0) is 9.59 Å². The second-order valence-electron chi connectivity index (χ2n) is 9.81. The van der Waals surface area contributed by atoms with Gasteiger partial charge < -0.3 is 0 Å². The van der Waals surface area contributed by atoms with E-state index in [1.807, 2.05) is 63.2 Å². The van der Waals surface area contributed by atoms with Crippen LogP contribution >= 0.6 is 0 Å². The number of rotatable bonds is 5. The summed E-state index contributed by atoms with van der Waals surface area (Å²) in [5.41, 5.74) is 2.76. The fraction of sp³-hybridized carbons (Fsp3) is 0.357. The molecule has 2 aliphatic rings. The van der Waals surface area contributed by atoms with Crippen molar-refractivity contribution in [2.75, 3.05) is 0 Å². The van der Waals surface area contributed by atoms with Gasteiger partial charge in [-0.25, -0.2) is 4.68 Å². The fourth-order valence-electron chi connectivity index (χ4n) is 5.19. The Balaban J connectivity index is 1.75. The number of pyridine rings is 1. The summed E-state index contributed by atoms with van der Waals surface area (Å²) in [6, 6.07) is 12.9. The lowest BCUT2D eigenvalue weighted by molar-refractivity contribution is -0.577. The maximum absolute atomic E-state index is 14.0. The SMILES string of the molecule is Cc1cc[n+](C2=C(c3c(C(C)C)[nH]n(-c4ccccc4)c3=O)C(=O)N(C3CCCCC3)C2=O)cc1. The highest BCUT2D eigenvalue weighted by Gasteiger charge is 2.50. The maximum atomic E-state index is 14.0. The molecule has 35 heavy (non-hydrogen) atoms. The van der Waals surface area contributed by atoms with Gasteiger partial charge in [0.05, 0.1) is 11.3 Å². The molecule has 1 fully saturated rings. The third-order valence-electron chi connectivity index (χ3n) is 7.05. The molecule has 2 aromatic heterocycles. The van der Waals surface area contributed by atoms with Crippen LogP contribution in [-0.4, -0.2) is 32.5 Å². The van der Waals surface area contributed by atoms with Crippen LogP contribution in [0.2, 0.25) is 0 Å². The molecule has 1 aliphatic carbocycles. The van der Waals surface area contributed by atoms with E-state index in [1.54, 1.807) is 17.0 Å². The minimum atomic E-state index is -0.372. The zero-order valence-corrected chi connectivity index (χ0v) is 20.5. The van der Waals surface area contributed by atoms with Crippen molar-refractivity contribution < 1.29 is 14.2 Å². The minimum absolute atomic E-state index is 0.0638. The van der Waals surface area contributed by atoms with E-state index < -0.39 is 0 Å². The maximum Gasteiger partial charge on any atom is 0.327 e. The first-order valence-electron chi connectivity index (χ1n) is 12.4. The van der Waals surface area contributed by atoms with Gasteiger partial charge in [0.1, 0.15) is 5.57 Å². The van der Waals surface area contributed by atoms with Crippen LogP contribution in [0, 0.1) is 6.92 Å². The van der Waals surface area contributed by atoms with Crippen LogP contribution < -0.4 is 10.1 Å². The van der Waals surface area contributed by atoms with Gasteiger partial charge in [-0.1, -0.05) is 51.3 Å². The number of benzene rings is 1. The van der Waals surface area contributed by atoms with Gasteiger partial charge in [0.15, 0.2) is 12.4 Å². The second-order valence-corrected chi connectivity index (χ2v) is 9.81. The molecule has 5 rings (SSSR count). The number of imide groups is 1. The summed E-state index contributed by atoms with van der Waals surface area (Å²) in [6.07, 6.45) is 8.28. The Bertz CT molecular complexity index is 1360. The molecule has 7 nitrogen and oxygen atoms in total. The van der Waals surface area contributed by atoms with Crippen LogP contribution in [0.3, 0.4) is 0 Å². The summed E-state index contributed by atoms with van der Waals surface area (Å²) < 4.78 is 3.16. The average Bonchev–Trinajstić information content (AvgIpc) is 3.33. The van der Waals surface area contributed by atoms with Gasteiger partial charge in [-0.15, -0.1) is 0 Å². The third kappa shape index (κ3) is 3.95. The molecule has 0 saturated heterocycles. The molecule has 0 unspecified atom stereocenters. The molecular formula is C28H31N4O3+. The second kappa shape index (κ2) is 9.13. The van der Waals surface area contributed by atoms with Crippen molar-refractivity contribution in [2.24, 2.45) is 0 Å². The van der Waals surface area contributed by atoms with E-state index >= 15 is 0 Å². The van der Waals surface area contributed by atoms with Gasteiger partial charge in [0.2, 0.25) is 0 Å². The van der Waals surface area contributed by atoms with Crippen molar-refractivity contribution in [2.45, 2.75) is 64.8 Å². The standard InChI is InChI=1S/C28H30N4O3/c1-18(2)24-22(27(34)32(29-24)21-12-8-5-9-13-21)23-25(30-16-14-19(3)15-17-30)28(35)31(26(23)33)20-10-6-4-7-11-20/h5,8-9,12-18,20H,4,6-7,10-11H2,1-3H3/p+1. The van der Waals surface area contributed by atoms with Crippen molar-refractivity contribution in [1.82, 2.24) is 14.7 Å². The number of para-hydroxylation sites is 1. The Hall–Kier alpha value is -3.74. The molecule has 1 N–H and O–H groups in total. The van der Waals surface area contributed by atoms with Crippen molar-refractivity contribution in [1.29, 1.82) is 0 Å². The van der Waals surface area contributed by atoms with Crippen LogP contribution in [0.5, 0.6) is 0 Å². The van der Waals surface area contributed by atoms with Crippen LogP contribution in [0.4, 0.5) is 0 Å². The predicted octanol–water partition coefficient (Wildman–Crippen LogP) is 3.95. The Morgan fingerprint density at radius 1 is 0.914 bits per heavy atom. The molecule has 1 saturated carbocycles. The summed E-state index contributed by atoms with van der Waals surface area (Å²) in [6.45, 7) is 5.92. The summed E-state index contributed by atoms with van der Waals surface area (Å²) in [5.74, 6) is -0.762. The average molecular weight is 472 g/mol. The quantitative estimate of drug-likeness (QED) is 0.452. The van der Waals surface area contributed by atoms with Crippen LogP contribution in [0.25, 0.3) is 17.0 Å². The molecule has 1 aromatic carbocycles. The molecule has 1 aliphatic heterocycles. The molecule has 180 valence electrons. The summed E-state index contributed by atoms with van der Waals surface area (Å²) in [5, 5.41) is 3.23. The molecular weight excluding hydrogens is 440 g/mol. The van der Waals surface area contributed by atoms with E-state index in [2.05, 4.69) is 5.10 Å². The number of nitrogens with zero attached hydrogens (tertiary/aromatic N) is 3. The molecule has 0 bridgehead atoms. The molecule has 3 aromatic rings. The molecule has 7 heteroatoms. The summed E-state index contributed by atoms with van der Waals surface area (Å²) in [7, 11) is 0. The van der Waals surface area contributed by atoms with Crippen LogP contribution in [0.15, 0.2) is 59.7 Å². The number of hydrogen-bond donors (Lipinski definition) is 1.